The maximum absolute atomic E-state index is 8.87. The van der Waals surface area contributed by atoms with Gasteiger partial charge in [0.05, 0.1) is 0 Å². The van der Waals surface area contributed by atoms with Gasteiger partial charge in [-0.3, -0.25) is 0 Å². The molecule has 2 aromatic carbocycles. The number of benzene rings is 2. The van der Waals surface area contributed by atoms with Crippen LogP contribution in [0.3, 0.4) is 0 Å². The van der Waals surface area contributed by atoms with Crippen molar-refractivity contribution in [3.05, 3.63) is 58.6 Å². The molecule has 0 saturated carbocycles. The van der Waals surface area contributed by atoms with Crippen molar-refractivity contribution in [3.63, 3.8) is 0 Å². The average molecular weight is 321 g/mol. The van der Waals surface area contributed by atoms with Gasteiger partial charge in [0.2, 0.25) is 0 Å². The van der Waals surface area contributed by atoms with Gasteiger partial charge in [0.1, 0.15) is 0 Å². The van der Waals surface area contributed by atoms with E-state index in [2.05, 4.69) is 43.3 Å². The molecule has 0 aliphatic carbocycles. The SMILES string of the molecule is CC(C)c1ccc(Sc2cc(Cl)ccc2C(N)=NO)cc1. The molecule has 0 bridgehead atoms. The first-order valence-electron chi connectivity index (χ1n) is 6.56. The first-order chi connectivity index (χ1) is 10.0. The van der Waals surface area contributed by atoms with E-state index in [-0.39, 0.29) is 5.84 Å². The summed E-state index contributed by atoms with van der Waals surface area (Å²) in [5, 5.41) is 12.5. The predicted octanol–water partition coefficient (Wildman–Crippen LogP) is 4.71. The zero-order valence-electron chi connectivity index (χ0n) is 11.9. The zero-order valence-corrected chi connectivity index (χ0v) is 13.4. The largest absolute Gasteiger partial charge is 0.409 e. The lowest BCUT2D eigenvalue weighted by Gasteiger charge is -2.10. The van der Waals surface area contributed by atoms with Crippen LogP contribution in [-0.2, 0) is 0 Å². The highest BCUT2D eigenvalue weighted by atomic mass is 35.5. The second-order valence-corrected chi connectivity index (χ2v) is 6.50. The summed E-state index contributed by atoms with van der Waals surface area (Å²) < 4.78 is 0. The van der Waals surface area contributed by atoms with Gasteiger partial charge >= 0.3 is 0 Å². The van der Waals surface area contributed by atoms with Crippen LogP contribution in [0.4, 0.5) is 0 Å². The van der Waals surface area contributed by atoms with Gasteiger partial charge in [-0.25, -0.2) is 0 Å². The van der Waals surface area contributed by atoms with Gasteiger partial charge in [-0.2, -0.15) is 0 Å². The summed E-state index contributed by atoms with van der Waals surface area (Å²) in [5.41, 5.74) is 7.67. The lowest BCUT2D eigenvalue weighted by atomic mass is 10.0. The van der Waals surface area contributed by atoms with E-state index in [9.17, 15) is 0 Å². The van der Waals surface area contributed by atoms with Crippen LogP contribution in [0.1, 0.15) is 30.9 Å². The van der Waals surface area contributed by atoms with Gasteiger partial charge in [0.15, 0.2) is 5.84 Å². The average Bonchev–Trinajstić information content (AvgIpc) is 2.47. The predicted molar refractivity (Wildman–Crippen MR) is 88.6 cm³/mol. The van der Waals surface area contributed by atoms with E-state index < -0.39 is 0 Å². The van der Waals surface area contributed by atoms with Gasteiger partial charge in [-0.1, -0.05) is 54.5 Å². The molecule has 110 valence electrons. The fraction of sp³-hybridized carbons (Fsp3) is 0.188. The topological polar surface area (TPSA) is 58.6 Å². The van der Waals surface area contributed by atoms with Crippen LogP contribution in [-0.4, -0.2) is 11.0 Å². The molecule has 0 aromatic heterocycles. The van der Waals surface area contributed by atoms with Crippen LogP contribution < -0.4 is 5.73 Å². The first kappa shape index (κ1) is 15.7. The van der Waals surface area contributed by atoms with Crippen LogP contribution in [0, 0.1) is 0 Å². The molecule has 3 N–H and O–H groups in total. The Balaban J connectivity index is 2.32. The van der Waals surface area contributed by atoms with Gasteiger partial charge in [0, 0.05) is 20.4 Å². The highest BCUT2D eigenvalue weighted by molar-refractivity contribution is 7.99. The van der Waals surface area contributed by atoms with Crippen LogP contribution >= 0.6 is 23.4 Å². The molecule has 0 atom stereocenters. The van der Waals surface area contributed by atoms with E-state index in [0.717, 1.165) is 9.79 Å². The van der Waals surface area contributed by atoms with E-state index >= 15 is 0 Å². The zero-order chi connectivity index (χ0) is 15.4. The molecular weight excluding hydrogens is 304 g/mol. The van der Waals surface area contributed by atoms with Gasteiger partial charge in [-0.15, -0.1) is 0 Å². The van der Waals surface area contributed by atoms with Gasteiger partial charge < -0.3 is 10.9 Å². The number of nitrogens with two attached hydrogens (primary N) is 1. The van der Waals surface area contributed by atoms with Crippen molar-refractivity contribution in [3.8, 4) is 0 Å². The molecule has 0 spiro atoms. The standard InChI is InChI=1S/C16H17ClN2OS/c1-10(2)11-3-6-13(7-4-11)21-15-9-12(17)5-8-14(15)16(18)19-20/h3-10,20H,1-2H3,(H2,18,19). The van der Waals surface area contributed by atoms with E-state index in [1.54, 1.807) is 12.1 Å². The fourth-order valence-electron chi connectivity index (χ4n) is 1.89. The minimum absolute atomic E-state index is 0.0768. The van der Waals surface area contributed by atoms with Gasteiger partial charge in [0.25, 0.3) is 0 Å². The van der Waals surface area contributed by atoms with Crippen molar-refractivity contribution in [2.75, 3.05) is 0 Å². The third-order valence-corrected chi connectivity index (χ3v) is 4.40. The number of oxime groups is 1. The highest BCUT2D eigenvalue weighted by Gasteiger charge is 2.10. The second kappa shape index (κ2) is 6.87. The molecular formula is C16H17ClN2OS. The Hall–Kier alpha value is -1.65. The summed E-state index contributed by atoms with van der Waals surface area (Å²) in [6, 6.07) is 13.6. The van der Waals surface area contributed by atoms with Gasteiger partial charge in [-0.05, 0) is 41.8 Å². The lowest BCUT2D eigenvalue weighted by molar-refractivity contribution is 0.318. The molecule has 3 nitrogen and oxygen atoms in total. The molecule has 0 amide bonds. The third-order valence-electron chi connectivity index (χ3n) is 3.10. The summed E-state index contributed by atoms with van der Waals surface area (Å²) in [6.45, 7) is 4.32. The lowest BCUT2D eigenvalue weighted by Crippen LogP contribution is -2.14. The maximum Gasteiger partial charge on any atom is 0.171 e. The number of hydrogen-bond acceptors (Lipinski definition) is 3. The van der Waals surface area contributed by atoms with E-state index in [0.29, 0.717) is 16.5 Å². The molecule has 0 saturated heterocycles. The summed E-state index contributed by atoms with van der Waals surface area (Å²) >= 11 is 7.58. The molecule has 21 heavy (non-hydrogen) atoms. The Morgan fingerprint density at radius 3 is 2.43 bits per heavy atom. The normalized spacial score (nSPS) is 11.9. The van der Waals surface area contributed by atoms with E-state index in [1.807, 2.05) is 6.07 Å². The summed E-state index contributed by atoms with van der Waals surface area (Å²) in [7, 11) is 0. The van der Waals surface area contributed by atoms with Crippen molar-refractivity contribution >= 4 is 29.2 Å². The Morgan fingerprint density at radius 2 is 1.86 bits per heavy atom. The Labute approximate surface area is 133 Å². The maximum atomic E-state index is 8.87. The quantitative estimate of drug-likeness (QED) is 0.371. The molecule has 2 aromatic rings. The monoisotopic (exact) mass is 320 g/mol. The molecule has 2 rings (SSSR count). The minimum Gasteiger partial charge on any atom is -0.409 e. The molecule has 0 unspecified atom stereocenters. The van der Waals surface area contributed by atoms with Crippen LogP contribution in [0.25, 0.3) is 0 Å². The molecule has 0 fully saturated rings. The molecule has 0 radical (unpaired) electrons. The molecule has 0 aliphatic rings. The minimum atomic E-state index is 0.0768. The van der Waals surface area contributed by atoms with E-state index in [1.165, 1.54) is 17.3 Å². The highest BCUT2D eigenvalue weighted by Crippen LogP contribution is 2.33. The number of amidine groups is 1. The van der Waals surface area contributed by atoms with E-state index in [4.69, 9.17) is 22.5 Å². The molecule has 0 aliphatic heterocycles. The summed E-state index contributed by atoms with van der Waals surface area (Å²) in [6.07, 6.45) is 0. The summed E-state index contributed by atoms with van der Waals surface area (Å²) in [5.74, 6) is 0.580. The van der Waals surface area contributed by atoms with Crippen LogP contribution in [0.2, 0.25) is 5.02 Å². The number of halogens is 1. The Kier molecular flexibility index (Phi) is 5.15. The first-order valence-corrected chi connectivity index (χ1v) is 7.76. The van der Waals surface area contributed by atoms with Crippen LogP contribution in [0.15, 0.2) is 57.4 Å². The van der Waals surface area contributed by atoms with Crippen LogP contribution in [0.5, 0.6) is 0 Å². The molecule has 5 heteroatoms. The van der Waals surface area contributed by atoms with Crippen molar-refractivity contribution in [1.82, 2.24) is 0 Å². The fourth-order valence-corrected chi connectivity index (χ4v) is 3.13. The smallest absolute Gasteiger partial charge is 0.171 e. The van der Waals surface area contributed by atoms with Crippen molar-refractivity contribution in [2.24, 2.45) is 10.9 Å². The summed E-state index contributed by atoms with van der Waals surface area (Å²) in [4.78, 5) is 1.93. The number of nitrogens with zero attached hydrogens (tertiary/aromatic N) is 1. The Morgan fingerprint density at radius 1 is 1.19 bits per heavy atom. The number of rotatable bonds is 4. The third kappa shape index (κ3) is 3.93. The van der Waals surface area contributed by atoms with Crippen molar-refractivity contribution in [2.45, 2.75) is 29.6 Å². The number of hydrogen-bond donors (Lipinski definition) is 2. The molecule has 0 heterocycles. The van der Waals surface area contributed by atoms with Crippen molar-refractivity contribution in [1.29, 1.82) is 0 Å². The Bertz CT molecular complexity index is 654. The van der Waals surface area contributed by atoms with Crippen molar-refractivity contribution < 1.29 is 5.21 Å². The second-order valence-electron chi connectivity index (χ2n) is 4.95.